The van der Waals surface area contributed by atoms with Gasteiger partial charge in [-0.25, -0.2) is 0 Å². The number of hydrogen-bond donors (Lipinski definition) is 2. The van der Waals surface area contributed by atoms with Gasteiger partial charge in [-0.15, -0.1) is 0 Å². The standard InChI is InChI=1S/C36H51NO8/c1-2-3-4-5-6-7-8-9-10-11-12-14-19-33(36(40)41)28-34(38)37-24-25-43-45-44-27-26-42-29-30-20-22-32(23-21-30)35(39)31-17-15-13-16-18-31/h13,15-18,20-25,33H,2-12,14,19,26-29H2,1H3,(H,37,38)(H,40,41)/b25-24+. The fraction of sp³-hybridized carbons (Fsp3) is 0.528. The first-order valence-electron chi connectivity index (χ1n) is 16.4. The lowest BCUT2D eigenvalue weighted by molar-refractivity contribution is -0.491. The molecule has 0 aliphatic carbocycles. The maximum atomic E-state index is 12.5. The van der Waals surface area contributed by atoms with Crippen molar-refractivity contribution < 1.29 is 39.0 Å². The molecule has 0 aliphatic rings. The monoisotopic (exact) mass is 625 g/mol. The van der Waals surface area contributed by atoms with Crippen molar-refractivity contribution in [2.45, 2.75) is 103 Å². The van der Waals surface area contributed by atoms with Crippen molar-refractivity contribution >= 4 is 17.7 Å². The molecule has 0 heterocycles. The van der Waals surface area contributed by atoms with Crippen molar-refractivity contribution in [2.75, 3.05) is 13.2 Å². The molecule has 2 rings (SSSR count). The summed E-state index contributed by atoms with van der Waals surface area (Å²) in [6, 6.07) is 16.3. The Morgan fingerprint density at radius 2 is 1.38 bits per heavy atom. The Labute approximate surface area is 268 Å². The van der Waals surface area contributed by atoms with Gasteiger partial charge in [-0.3, -0.25) is 14.4 Å². The van der Waals surface area contributed by atoms with Crippen LogP contribution in [-0.2, 0) is 35.7 Å². The second kappa shape index (κ2) is 24.8. The van der Waals surface area contributed by atoms with Gasteiger partial charge in [0.05, 0.1) is 19.1 Å². The smallest absolute Gasteiger partial charge is 0.307 e. The zero-order valence-electron chi connectivity index (χ0n) is 26.8. The lowest BCUT2D eigenvalue weighted by atomic mass is 9.96. The summed E-state index contributed by atoms with van der Waals surface area (Å²) in [5.74, 6) is -2.11. The Morgan fingerprint density at radius 1 is 0.778 bits per heavy atom. The van der Waals surface area contributed by atoms with Crippen molar-refractivity contribution in [1.29, 1.82) is 0 Å². The molecule has 0 bridgehead atoms. The maximum absolute atomic E-state index is 12.5. The quantitative estimate of drug-likeness (QED) is 0.0336. The molecular weight excluding hydrogens is 574 g/mol. The molecule has 2 aromatic rings. The number of hydrogen-bond acceptors (Lipinski definition) is 7. The number of aliphatic carboxylic acids is 1. The summed E-state index contributed by atoms with van der Waals surface area (Å²) in [5, 5.41) is 16.5. The van der Waals surface area contributed by atoms with E-state index in [4.69, 9.17) is 14.5 Å². The van der Waals surface area contributed by atoms with Crippen LogP contribution in [0.2, 0.25) is 0 Å². The minimum absolute atomic E-state index is 0.0308. The van der Waals surface area contributed by atoms with Crippen LogP contribution in [0.25, 0.3) is 0 Å². The molecule has 2 aromatic carbocycles. The number of ketones is 1. The Hall–Kier alpha value is -3.53. The van der Waals surface area contributed by atoms with Crippen molar-refractivity contribution in [3.63, 3.8) is 0 Å². The third kappa shape index (κ3) is 18.1. The summed E-state index contributed by atoms with van der Waals surface area (Å²) in [5.41, 5.74) is 2.17. The van der Waals surface area contributed by atoms with Gasteiger partial charge in [-0.05, 0) is 17.0 Å². The van der Waals surface area contributed by atoms with Gasteiger partial charge in [-0.1, -0.05) is 139 Å². The first kappa shape index (κ1) is 37.7. The summed E-state index contributed by atoms with van der Waals surface area (Å²) in [7, 11) is 0. The van der Waals surface area contributed by atoms with Crippen LogP contribution in [0.4, 0.5) is 0 Å². The SMILES string of the molecule is CCCCCCCCCCCCCCC(CC(=O)N/C=C/OOOCCOCc1ccc(C(=O)c2ccccc2)cc1)C(=O)O. The number of carbonyl (C=O) groups is 3. The van der Waals surface area contributed by atoms with E-state index in [1.807, 2.05) is 30.3 Å². The first-order chi connectivity index (χ1) is 22.0. The van der Waals surface area contributed by atoms with Crippen molar-refractivity contribution in [3.8, 4) is 0 Å². The molecule has 9 nitrogen and oxygen atoms in total. The Bertz CT molecular complexity index is 1100. The number of amides is 1. The van der Waals surface area contributed by atoms with Gasteiger partial charge in [0, 0.05) is 23.7 Å². The van der Waals surface area contributed by atoms with Crippen LogP contribution in [0.5, 0.6) is 0 Å². The van der Waals surface area contributed by atoms with Gasteiger partial charge in [-0.2, -0.15) is 4.89 Å². The molecule has 1 amide bonds. The minimum atomic E-state index is -0.956. The van der Waals surface area contributed by atoms with Crippen LogP contribution in [-0.4, -0.2) is 36.0 Å². The molecule has 9 heteroatoms. The molecule has 0 saturated carbocycles. The van der Waals surface area contributed by atoms with Gasteiger partial charge in [0.2, 0.25) is 5.91 Å². The van der Waals surface area contributed by atoms with Crippen LogP contribution in [0.1, 0.15) is 118 Å². The van der Waals surface area contributed by atoms with Crippen molar-refractivity contribution in [2.24, 2.45) is 5.92 Å². The van der Waals surface area contributed by atoms with Crippen molar-refractivity contribution in [1.82, 2.24) is 5.32 Å². The summed E-state index contributed by atoms with van der Waals surface area (Å²) in [6.45, 7) is 2.92. The predicted molar refractivity (Wildman–Crippen MR) is 173 cm³/mol. The van der Waals surface area contributed by atoms with Gasteiger partial charge in [0.25, 0.3) is 0 Å². The Morgan fingerprint density at radius 3 is 2.00 bits per heavy atom. The molecule has 0 aromatic heterocycles. The number of benzene rings is 2. The topological polar surface area (TPSA) is 120 Å². The number of carbonyl (C=O) groups excluding carboxylic acids is 2. The van der Waals surface area contributed by atoms with Crippen molar-refractivity contribution in [3.05, 3.63) is 83.7 Å². The van der Waals surface area contributed by atoms with Gasteiger partial charge in [0.1, 0.15) is 12.9 Å². The highest BCUT2D eigenvalue weighted by molar-refractivity contribution is 6.08. The number of rotatable bonds is 27. The average Bonchev–Trinajstić information content (AvgIpc) is 3.05. The molecule has 0 spiro atoms. The second-order valence-electron chi connectivity index (χ2n) is 11.2. The second-order valence-corrected chi connectivity index (χ2v) is 11.2. The summed E-state index contributed by atoms with van der Waals surface area (Å²) in [6.07, 6.45) is 17.3. The molecule has 2 N–H and O–H groups in total. The van der Waals surface area contributed by atoms with E-state index in [-0.39, 0.29) is 25.4 Å². The predicted octanol–water partition coefficient (Wildman–Crippen LogP) is 8.08. The van der Waals surface area contributed by atoms with E-state index < -0.39 is 17.8 Å². The highest BCUT2D eigenvalue weighted by Gasteiger charge is 2.20. The molecule has 0 aliphatic heterocycles. The van der Waals surface area contributed by atoms with Crippen LogP contribution in [0, 0.1) is 5.92 Å². The number of ether oxygens (including phenoxy) is 1. The number of carboxylic acids is 1. The average molecular weight is 626 g/mol. The van der Waals surface area contributed by atoms with E-state index in [1.165, 1.54) is 64.0 Å². The zero-order valence-corrected chi connectivity index (χ0v) is 26.8. The fourth-order valence-corrected chi connectivity index (χ4v) is 4.86. The Balaban J connectivity index is 1.45. The fourth-order valence-electron chi connectivity index (χ4n) is 4.86. The van der Waals surface area contributed by atoms with E-state index in [1.54, 1.807) is 24.3 Å². The first-order valence-corrected chi connectivity index (χ1v) is 16.4. The third-order valence-electron chi connectivity index (χ3n) is 7.47. The molecule has 248 valence electrons. The highest BCUT2D eigenvalue weighted by atomic mass is 17.5. The summed E-state index contributed by atoms with van der Waals surface area (Å²) in [4.78, 5) is 45.7. The Kier molecular flexibility index (Phi) is 20.7. The van der Waals surface area contributed by atoms with Crippen LogP contribution >= 0.6 is 0 Å². The number of carboxylic acid groups (broad SMARTS) is 1. The van der Waals surface area contributed by atoms with Crippen LogP contribution in [0.3, 0.4) is 0 Å². The normalized spacial score (nSPS) is 11.8. The molecular formula is C36H51NO8. The van der Waals surface area contributed by atoms with Crippen LogP contribution in [0.15, 0.2) is 67.1 Å². The molecule has 1 unspecified atom stereocenters. The van der Waals surface area contributed by atoms with Crippen LogP contribution < -0.4 is 5.32 Å². The lowest BCUT2D eigenvalue weighted by Gasteiger charge is -2.11. The van der Waals surface area contributed by atoms with Gasteiger partial charge in [0.15, 0.2) is 5.78 Å². The van der Waals surface area contributed by atoms with E-state index in [2.05, 4.69) is 17.3 Å². The van der Waals surface area contributed by atoms with E-state index in [9.17, 15) is 19.5 Å². The van der Waals surface area contributed by atoms with E-state index in [0.717, 1.165) is 31.1 Å². The third-order valence-corrected chi connectivity index (χ3v) is 7.47. The maximum Gasteiger partial charge on any atom is 0.307 e. The highest BCUT2D eigenvalue weighted by Crippen LogP contribution is 2.17. The lowest BCUT2D eigenvalue weighted by Crippen LogP contribution is -2.25. The molecule has 45 heavy (non-hydrogen) atoms. The largest absolute Gasteiger partial charge is 0.481 e. The van der Waals surface area contributed by atoms with E-state index in [0.29, 0.717) is 24.2 Å². The number of unbranched alkanes of at least 4 members (excludes halogenated alkanes) is 11. The minimum Gasteiger partial charge on any atom is -0.481 e. The molecule has 0 fully saturated rings. The van der Waals surface area contributed by atoms with Gasteiger partial charge < -0.3 is 20.0 Å². The molecule has 0 radical (unpaired) electrons. The molecule has 0 saturated heterocycles. The van der Waals surface area contributed by atoms with Gasteiger partial charge >= 0.3 is 5.97 Å². The zero-order chi connectivity index (χ0) is 32.4. The number of nitrogens with one attached hydrogen (secondary N) is 1. The molecule has 1 atom stereocenters. The summed E-state index contributed by atoms with van der Waals surface area (Å²) >= 11 is 0. The van der Waals surface area contributed by atoms with E-state index >= 15 is 0 Å². The summed E-state index contributed by atoms with van der Waals surface area (Å²) < 4.78 is 5.53.